The SMILES string of the molecule is COC1C#CCCN(C(=O)C(C)C)CC1OC. The number of hydrogen-bond acceptors (Lipinski definition) is 3. The van der Waals surface area contributed by atoms with Gasteiger partial charge in [0.15, 0.2) is 0 Å². The Morgan fingerprint density at radius 2 is 2.06 bits per heavy atom. The van der Waals surface area contributed by atoms with Crippen molar-refractivity contribution in [2.45, 2.75) is 32.5 Å². The number of carbonyl (C=O) groups excluding carboxylic acids is 1. The van der Waals surface area contributed by atoms with E-state index in [0.717, 1.165) is 0 Å². The summed E-state index contributed by atoms with van der Waals surface area (Å²) in [5.74, 6) is 6.20. The Morgan fingerprint density at radius 1 is 1.35 bits per heavy atom. The molecule has 2 atom stereocenters. The molecule has 0 saturated heterocycles. The summed E-state index contributed by atoms with van der Waals surface area (Å²) in [4.78, 5) is 13.8. The van der Waals surface area contributed by atoms with Gasteiger partial charge in [0, 0.05) is 33.1 Å². The number of methoxy groups -OCH3 is 2. The van der Waals surface area contributed by atoms with Crippen LogP contribution in [-0.4, -0.2) is 50.3 Å². The Balaban J connectivity index is 2.79. The van der Waals surface area contributed by atoms with Gasteiger partial charge in [0.25, 0.3) is 0 Å². The molecule has 0 fully saturated rings. The predicted octanol–water partition coefficient (Wildman–Crippen LogP) is 0.908. The van der Waals surface area contributed by atoms with E-state index in [2.05, 4.69) is 11.8 Å². The van der Waals surface area contributed by atoms with E-state index in [0.29, 0.717) is 19.5 Å². The van der Waals surface area contributed by atoms with Crippen molar-refractivity contribution < 1.29 is 14.3 Å². The van der Waals surface area contributed by atoms with Crippen LogP contribution in [0.25, 0.3) is 0 Å². The molecule has 0 bridgehead atoms. The Hall–Kier alpha value is -1.05. The normalized spacial score (nSPS) is 24.9. The summed E-state index contributed by atoms with van der Waals surface area (Å²) < 4.78 is 10.7. The van der Waals surface area contributed by atoms with Gasteiger partial charge in [0.05, 0.1) is 6.54 Å². The van der Waals surface area contributed by atoms with Gasteiger partial charge < -0.3 is 14.4 Å². The number of rotatable bonds is 3. The van der Waals surface area contributed by atoms with Crippen molar-refractivity contribution in [3.05, 3.63) is 0 Å². The molecule has 17 heavy (non-hydrogen) atoms. The van der Waals surface area contributed by atoms with E-state index >= 15 is 0 Å². The Kier molecular flexibility index (Phi) is 5.46. The number of hydrogen-bond donors (Lipinski definition) is 0. The molecule has 0 saturated carbocycles. The van der Waals surface area contributed by atoms with Crippen molar-refractivity contribution >= 4 is 5.91 Å². The molecule has 2 unspecified atom stereocenters. The fourth-order valence-corrected chi connectivity index (χ4v) is 1.83. The van der Waals surface area contributed by atoms with Crippen LogP contribution in [0.2, 0.25) is 0 Å². The number of carbonyl (C=O) groups is 1. The van der Waals surface area contributed by atoms with E-state index in [1.165, 1.54) is 0 Å². The van der Waals surface area contributed by atoms with Gasteiger partial charge in [-0.25, -0.2) is 0 Å². The minimum atomic E-state index is -0.261. The summed E-state index contributed by atoms with van der Waals surface area (Å²) in [6.45, 7) is 5.02. The highest BCUT2D eigenvalue weighted by molar-refractivity contribution is 5.78. The minimum Gasteiger partial charge on any atom is -0.376 e. The summed E-state index contributed by atoms with van der Waals surface area (Å²) in [6.07, 6.45) is 0.243. The van der Waals surface area contributed by atoms with Crippen molar-refractivity contribution in [3.63, 3.8) is 0 Å². The molecule has 0 aromatic heterocycles. The van der Waals surface area contributed by atoms with Crippen LogP contribution < -0.4 is 0 Å². The Labute approximate surface area is 103 Å². The standard InChI is InChI=1S/C13H21NO3/c1-10(2)13(15)14-8-6-5-7-11(16-3)12(9-14)17-4/h10-12H,6,8-9H2,1-4H3. The maximum absolute atomic E-state index is 12.0. The lowest BCUT2D eigenvalue weighted by Gasteiger charge is -2.31. The first kappa shape index (κ1) is 14.0. The third-order valence-corrected chi connectivity index (χ3v) is 2.85. The topological polar surface area (TPSA) is 38.8 Å². The Bertz CT molecular complexity index is 316. The zero-order chi connectivity index (χ0) is 12.8. The van der Waals surface area contributed by atoms with Gasteiger partial charge in [0.1, 0.15) is 12.2 Å². The second-order valence-electron chi connectivity index (χ2n) is 4.44. The lowest BCUT2D eigenvalue weighted by molar-refractivity contribution is -0.137. The lowest BCUT2D eigenvalue weighted by Crippen LogP contribution is -2.46. The quantitative estimate of drug-likeness (QED) is 0.687. The highest BCUT2D eigenvalue weighted by atomic mass is 16.5. The second kappa shape index (κ2) is 6.63. The molecule has 0 aromatic rings. The number of ether oxygens (including phenoxy) is 2. The fourth-order valence-electron chi connectivity index (χ4n) is 1.83. The average molecular weight is 239 g/mol. The molecular weight excluding hydrogens is 218 g/mol. The second-order valence-corrected chi connectivity index (χ2v) is 4.44. The van der Waals surface area contributed by atoms with Crippen LogP contribution in [0.4, 0.5) is 0 Å². The molecule has 4 heteroatoms. The van der Waals surface area contributed by atoms with Crippen molar-refractivity contribution in [3.8, 4) is 11.8 Å². The number of amides is 1. The van der Waals surface area contributed by atoms with E-state index in [9.17, 15) is 4.79 Å². The van der Waals surface area contributed by atoms with Crippen LogP contribution >= 0.6 is 0 Å². The summed E-state index contributed by atoms with van der Waals surface area (Å²) in [7, 11) is 3.24. The molecule has 1 heterocycles. The van der Waals surface area contributed by atoms with Crippen LogP contribution in [-0.2, 0) is 14.3 Å². The maximum Gasteiger partial charge on any atom is 0.225 e. The zero-order valence-electron chi connectivity index (χ0n) is 11.0. The predicted molar refractivity (Wildman–Crippen MR) is 65.4 cm³/mol. The van der Waals surface area contributed by atoms with Crippen molar-refractivity contribution in [2.24, 2.45) is 5.92 Å². The summed E-state index contributed by atoms with van der Waals surface area (Å²) in [6, 6.07) is 0. The first-order valence-electron chi connectivity index (χ1n) is 5.93. The van der Waals surface area contributed by atoms with Crippen molar-refractivity contribution in [1.82, 2.24) is 4.90 Å². The third kappa shape index (κ3) is 3.72. The highest BCUT2D eigenvalue weighted by Gasteiger charge is 2.26. The lowest BCUT2D eigenvalue weighted by atomic mass is 10.1. The highest BCUT2D eigenvalue weighted by Crippen LogP contribution is 2.11. The van der Waals surface area contributed by atoms with Gasteiger partial charge in [-0.05, 0) is 0 Å². The maximum atomic E-state index is 12.0. The largest absolute Gasteiger partial charge is 0.376 e. The molecule has 4 nitrogen and oxygen atoms in total. The van der Waals surface area contributed by atoms with Crippen LogP contribution in [0.1, 0.15) is 20.3 Å². The molecule has 0 aromatic carbocycles. The first-order valence-corrected chi connectivity index (χ1v) is 5.93. The van der Waals surface area contributed by atoms with Gasteiger partial charge >= 0.3 is 0 Å². The summed E-state index contributed by atoms with van der Waals surface area (Å²) in [5, 5.41) is 0. The molecule has 0 aliphatic carbocycles. The zero-order valence-corrected chi connectivity index (χ0v) is 11.0. The molecule has 1 amide bonds. The number of nitrogens with zero attached hydrogens (tertiary/aromatic N) is 1. The first-order chi connectivity index (χ1) is 8.10. The van der Waals surface area contributed by atoms with E-state index in [4.69, 9.17) is 9.47 Å². The molecule has 0 spiro atoms. The molecule has 0 N–H and O–H groups in total. The van der Waals surface area contributed by atoms with Crippen LogP contribution in [0.15, 0.2) is 0 Å². The van der Waals surface area contributed by atoms with E-state index in [1.54, 1.807) is 14.2 Å². The fraction of sp³-hybridized carbons (Fsp3) is 0.769. The molecule has 1 aliphatic heterocycles. The smallest absolute Gasteiger partial charge is 0.225 e. The third-order valence-electron chi connectivity index (χ3n) is 2.85. The van der Waals surface area contributed by atoms with Crippen molar-refractivity contribution in [1.29, 1.82) is 0 Å². The van der Waals surface area contributed by atoms with E-state index < -0.39 is 0 Å². The van der Waals surface area contributed by atoms with Gasteiger partial charge in [-0.15, -0.1) is 0 Å². The van der Waals surface area contributed by atoms with Crippen molar-refractivity contribution in [2.75, 3.05) is 27.3 Å². The Morgan fingerprint density at radius 3 is 2.59 bits per heavy atom. The van der Waals surface area contributed by atoms with Crippen LogP contribution in [0.5, 0.6) is 0 Å². The van der Waals surface area contributed by atoms with Gasteiger partial charge in [-0.3, -0.25) is 4.79 Å². The van der Waals surface area contributed by atoms with Gasteiger partial charge in [0.2, 0.25) is 5.91 Å². The van der Waals surface area contributed by atoms with E-state index in [-0.39, 0.29) is 24.0 Å². The average Bonchev–Trinajstić information content (AvgIpc) is 2.28. The molecule has 1 rings (SSSR count). The van der Waals surface area contributed by atoms with Crippen LogP contribution in [0.3, 0.4) is 0 Å². The van der Waals surface area contributed by atoms with Gasteiger partial charge in [-0.2, -0.15) is 0 Å². The molecule has 0 radical (unpaired) electrons. The molecule has 96 valence electrons. The summed E-state index contributed by atoms with van der Waals surface area (Å²) in [5.41, 5.74) is 0. The molecular formula is C13H21NO3. The van der Waals surface area contributed by atoms with Gasteiger partial charge in [-0.1, -0.05) is 25.7 Å². The van der Waals surface area contributed by atoms with Crippen LogP contribution in [0, 0.1) is 17.8 Å². The monoisotopic (exact) mass is 239 g/mol. The van der Waals surface area contributed by atoms with E-state index in [1.807, 2.05) is 18.7 Å². The molecule has 1 aliphatic rings. The summed E-state index contributed by atoms with van der Waals surface area (Å²) >= 11 is 0. The minimum absolute atomic E-state index is 0.000821.